The summed E-state index contributed by atoms with van der Waals surface area (Å²) in [6.45, 7) is 8.00. The molecule has 2 heteroatoms. The van der Waals surface area contributed by atoms with Crippen molar-refractivity contribution < 1.29 is 0 Å². The maximum Gasteiger partial charge on any atom is 0.0449 e. The summed E-state index contributed by atoms with van der Waals surface area (Å²) in [5, 5.41) is 0. The molecule has 0 atom stereocenters. The summed E-state index contributed by atoms with van der Waals surface area (Å²) in [5.74, 6) is 0. The first-order valence-corrected chi connectivity index (χ1v) is 4.79. The standard InChI is InChI=1S/C6H7NS.2C2H6/c7-5-3-1-2-4-6(5)8;2*1-2/h1-4,8H,7H2;2*1-2H3. The van der Waals surface area contributed by atoms with Crippen molar-refractivity contribution in [2.75, 3.05) is 5.73 Å². The van der Waals surface area contributed by atoms with Gasteiger partial charge in [0.15, 0.2) is 0 Å². The Morgan fingerprint density at radius 2 is 1.42 bits per heavy atom. The Labute approximate surface area is 81.4 Å². The molecule has 1 aromatic rings. The molecule has 12 heavy (non-hydrogen) atoms. The summed E-state index contributed by atoms with van der Waals surface area (Å²) in [6.07, 6.45) is 0. The van der Waals surface area contributed by atoms with E-state index >= 15 is 0 Å². The minimum absolute atomic E-state index is 0.732. The van der Waals surface area contributed by atoms with Crippen molar-refractivity contribution in [1.29, 1.82) is 0 Å². The van der Waals surface area contributed by atoms with Gasteiger partial charge in [-0.1, -0.05) is 39.8 Å². The molecule has 0 unspecified atom stereocenters. The molecule has 0 amide bonds. The van der Waals surface area contributed by atoms with Crippen molar-refractivity contribution in [3.05, 3.63) is 24.3 Å². The Kier molecular flexibility index (Phi) is 12.0. The van der Waals surface area contributed by atoms with Crippen molar-refractivity contribution in [3.8, 4) is 0 Å². The molecular formula is C10H19NS. The lowest BCUT2D eigenvalue weighted by Gasteiger charge is -1.92. The second kappa shape index (κ2) is 10.4. The number of hydrogen-bond donors (Lipinski definition) is 2. The van der Waals surface area contributed by atoms with Gasteiger partial charge in [-0.15, -0.1) is 12.6 Å². The lowest BCUT2D eigenvalue weighted by atomic mass is 10.3. The number of thiol groups is 1. The zero-order valence-electron chi connectivity index (χ0n) is 8.33. The third-order valence-electron chi connectivity index (χ3n) is 0.937. The van der Waals surface area contributed by atoms with Gasteiger partial charge in [0.1, 0.15) is 0 Å². The number of nitrogen functional groups attached to an aromatic ring is 1. The number of rotatable bonds is 0. The first kappa shape index (κ1) is 13.9. The highest BCUT2D eigenvalue weighted by Gasteiger charge is 1.85. The van der Waals surface area contributed by atoms with E-state index in [9.17, 15) is 0 Å². The average Bonchev–Trinajstić information content (AvgIpc) is 2.17. The van der Waals surface area contributed by atoms with E-state index in [4.69, 9.17) is 5.73 Å². The van der Waals surface area contributed by atoms with E-state index in [2.05, 4.69) is 12.6 Å². The van der Waals surface area contributed by atoms with E-state index < -0.39 is 0 Å². The van der Waals surface area contributed by atoms with Gasteiger partial charge in [-0.3, -0.25) is 0 Å². The Bertz CT molecular complexity index is 166. The van der Waals surface area contributed by atoms with Crippen molar-refractivity contribution in [2.45, 2.75) is 32.6 Å². The third kappa shape index (κ3) is 6.10. The Hall–Kier alpha value is -0.630. The molecule has 0 aliphatic heterocycles. The molecule has 0 aromatic heterocycles. The summed E-state index contributed by atoms with van der Waals surface area (Å²) in [6, 6.07) is 7.47. The van der Waals surface area contributed by atoms with Crippen LogP contribution < -0.4 is 5.73 Å². The average molecular weight is 185 g/mol. The van der Waals surface area contributed by atoms with Gasteiger partial charge in [-0.05, 0) is 12.1 Å². The normalized spacial score (nSPS) is 7.08. The maximum atomic E-state index is 5.44. The minimum Gasteiger partial charge on any atom is -0.398 e. The third-order valence-corrected chi connectivity index (χ3v) is 1.34. The van der Waals surface area contributed by atoms with Crippen LogP contribution in [0.25, 0.3) is 0 Å². The first-order valence-electron chi connectivity index (χ1n) is 4.34. The summed E-state index contributed by atoms with van der Waals surface area (Å²) < 4.78 is 0. The topological polar surface area (TPSA) is 26.0 Å². The van der Waals surface area contributed by atoms with Crippen LogP contribution in [-0.2, 0) is 0 Å². The van der Waals surface area contributed by atoms with Gasteiger partial charge < -0.3 is 5.73 Å². The van der Waals surface area contributed by atoms with E-state index in [1.165, 1.54) is 0 Å². The smallest absolute Gasteiger partial charge is 0.0449 e. The van der Waals surface area contributed by atoms with Gasteiger partial charge >= 0.3 is 0 Å². The Morgan fingerprint density at radius 1 is 1.00 bits per heavy atom. The van der Waals surface area contributed by atoms with E-state index in [0.29, 0.717) is 0 Å². The van der Waals surface area contributed by atoms with Gasteiger partial charge in [-0.2, -0.15) is 0 Å². The van der Waals surface area contributed by atoms with Crippen molar-refractivity contribution in [2.24, 2.45) is 0 Å². The monoisotopic (exact) mass is 185 g/mol. The predicted octanol–water partition coefficient (Wildman–Crippen LogP) is 3.61. The summed E-state index contributed by atoms with van der Waals surface area (Å²) in [7, 11) is 0. The van der Waals surface area contributed by atoms with E-state index in [1.54, 1.807) is 0 Å². The second-order valence-corrected chi connectivity index (χ2v) is 2.04. The van der Waals surface area contributed by atoms with Crippen LogP contribution in [0.1, 0.15) is 27.7 Å². The molecule has 0 aliphatic rings. The van der Waals surface area contributed by atoms with Crippen LogP contribution in [0.5, 0.6) is 0 Å². The summed E-state index contributed by atoms with van der Waals surface area (Å²) in [4.78, 5) is 0.840. The van der Waals surface area contributed by atoms with Crippen molar-refractivity contribution >= 4 is 18.3 Å². The molecule has 70 valence electrons. The highest BCUT2D eigenvalue weighted by atomic mass is 32.1. The highest BCUT2D eigenvalue weighted by Crippen LogP contribution is 2.13. The number of benzene rings is 1. The molecule has 1 aromatic carbocycles. The molecule has 1 nitrogen and oxygen atoms in total. The van der Waals surface area contributed by atoms with Crippen LogP contribution in [0.15, 0.2) is 29.2 Å². The molecule has 0 aliphatic carbocycles. The van der Waals surface area contributed by atoms with Crippen LogP contribution in [0, 0.1) is 0 Å². The molecular weight excluding hydrogens is 166 g/mol. The Morgan fingerprint density at radius 3 is 1.67 bits per heavy atom. The number of para-hydroxylation sites is 1. The van der Waals surface area contributed by atoms with Crippen molar-refractivity contribution in [3.63, 3.8) is 0 Å². The minimum atomic E-state index is 0.732. The fraction of sp³-hybridized carbons (Fsp3) is 0.400. The van der Waals surface area contributed by atoms with Crippen LogP contribution in [0.2, 0.25) is 0 Å². The molecule has 0 radical (unpaired) electrons. The van der Waals surface area contributed by atoms with E-state index in [1.807, 2.05) is 52.0 Å². The molecule has 0 bridgehead atoms. The van der Waals surface area contributed by atoms with Gasteiger partial charge in [0.2, 0.25) is 0 Å². The van der Waals surface area contributed by atoms with Crippen LogP contribution in [0.3, 0.4) is 0 Å². The second-order valence-electron chi connectivity index (χ2n) is 1.56. The molecule has 0 spiro atoms. The van der Waals surface area contributed by atoms with Crippen LogP contribution in [-0.4, -0.2) is 0 Å². The Balaban J connectivity index is 0. The zero-order valence-corrected chi connectivity index (χ0v) is 9.23. The largest absolute Gasteiger partial charge is 0.398 e. The predicted molar refractivity (Wildman–Crippen MR) is 60.8 cm³/mol. The number of anilines is 1. The lowest BCUT2D eigenvalue weighted by Crippen LogP contribution is -1.83. The molecule has 0 saturated heterocycles. The van der Waals surface area contributed by atoms with E-state index in [-0.39, 0.29) is 0 Å². The van der Waals surface area contributed by atoms with Gasteiger partial charge in [-0.25, -0.2) is 0 Å². The van der Waals surface area contributed by atoms with Crippen LogP contribution >= 0.6 is 12.6 Å². The molecule has 0 heterocycles. The molecule has 1 rings (SSSR count). The van der Waals surface area contributed by atoms with Gasteiger partial charge in [0.05, 0.1) is 0 Å². The van der Waals surface area contributed by atoms with Crippen molar-refractivity contribution in [1.82, 2.24) is 0 Å². The highest BCUT2D eigenvalue weighted by molar-refractivity contribution is 7.80. The SMILES string of the molecule is CC.CC.Nc1ccccc1S. The zero-order chi connectivity index (χ0) is 9.98. The molecule has 0 saturated carbocycles. The fourth-order valence-electron chi connectivity index (χ4n) is 0.488. The fourth-order valence-corrected chi connectivity index (χ4v) is 0.648. The van der Waals surface area contributed by atoms with Gasteiger partial charge in [0.25, 0.3) is 0 Å². The summed E-state index contributed by atoms with van der Waals surface area (Å²) in [5.41, 5.74) is 6.18. The van der Waals surface area contributed by atoms with Crippen LogP contribution in [0.4, 0.5) is 5.69 Å². The number of nitrogens with two attached hydrogens (primary N) is 1. The van der Waals surface area contributed by atoms with E-state index in [0.717, 1.165) is 10.6 Å². The quantitative estimate of drug-likeness (QED) is 0.468. The maximum absolute atomic E-state index is 5.44. The number of hydrogen-bond acceptors (Lipinski definition) is 2. The molecule has 2 N–H and O–H groups in total. The molecule has 0 fully saturated rings. The van der Waals surface area contributed by atoms with Gasteiger partial charge in [0, 0.05) is 10.6 Å². The lowest BCUT2D eigenvalue weighted by molar-refractivity contribution is 1.48. The first-order chi connectivity index (χ1) is 5.80. The summed E-state index contributed by atoms with van der Waals surface area (Å²) >= 11 is 4.07.